The average molecular weight is 442 g/mol. The number of fused-ring (bicyclic) bond motifs is 4. The summed E-state index contributed by atoms with van der Waals surface area (Å²) in [6, 6.07) is 0. The van der Waals surface area contributed by atoms with E-state index in [0.717, 1.165) is 19.3 Å². The number of aromatic amines is 1. The van der Waals surface area contributed by atoms with E-state index in [9.17, 15) is 19.5 Å². The summed E-state index contributed by atoms with van der Waals surface area (Å²) in [7, 11) is 0. The first-order chi connectivity index (χ1) is 15.0. The summed E-state index contributed by atoms with van der Waals surface area (Å²) in [5.41, 5.74) is 0.975. The van der Waals surface area contributed by atoms with Crippen molar-refractivity contribution >= 4 is 34.5 Å². The van der Waals surface area contributed by atoms with Gasteiger partial charge in [-0.3, -0.25) is 14.4 Å². The van der Waals surface area contributed by atoms with Gasteiger partial charge >= 0.3 is 5.97 Å². The lowest BCUT2D eigenvalue weighted by molar-refractivity contribution is -0.158. The topological polar surface area (TPSA) is 137 Å². The Bertz CT molecular complexity index is 1040. The number of rotatable bonds is 6. The van der Waals surface area contributed by atoms with Gasteiger partial charge in [-0.2, -0.15) is 0 Å². The van der Waals surface area contributed by atoms with E-state index in [1.165, 1.54) is 6.33 Å². The molecule has 0 saturated heterocycles. The number of carbonyl (C=O) groups is 3. The second-order valence-electron chi connectivity index (χ2n) is 10.7. The van der Waals surface area contributed by atoms with E-state index in [4.69, 9.17) is 0 Å². The van der Waals surface area contributed by atoms with E-state index < -0.39 is 11.4 Å². The summed E-state index contributed by atoms with van der Waals surface area (Å²) in [6.45, 7) is 6.48. The van der Waals surface area contributed by atoms with Crippen LogP contribution in [-0.4, -0.2) is 44.4 Å². The number of H-pyrrole nitrogens is 1. The molecule has 0 radical (unpaired) electrons. The van der Waals surface area contributed by atoms with Crippen LogP contribution < -0.4 is 10.6 Å². The largest absolute Gasteiger partial charge is 0.481 e. The smallest absolute Gasteiger partial charge is 0.309 e. The molecular formula is C23H31N5O4. The Morgan fingerprint density at radius 3 is 2.34 bits per heavy atom. The van der Waals surface area contributed by atoms with E-state index in [1.54, 1.807) is 6.20 Å². The Hall–Kier alpha value is -2.97. The van der Waals surface area contributed by atoms with Crippen molar-refractivity contribution in [2.45, 2.75) is 65.7 Å². The minimum atomic E-state index is -0.685. The number of hydrogen-bond donors (Lipinski definition) is 4. The molecule has 0 atom stereocenters. The third-order valence-electron chi connectivity index (χ3n) is 7.12. The third-order valence-corrected chi connectivity index (χ3v) is 7.12. The maximum absolute atomic E-state index is 13.0. The molecule has 0 unspecified atom stereocenters. The lowest BCUT2D eigenvalue weighted by Gasteiger charge is -2.51. The fourth-order valence-electron chi connectivity index (χ4n) is 5.08. The van der Waals surface area contributed by atoms with Crippen LogP contribution in [0.5, 0.6) is 0 Å². The summed E-state index contributed by atoms with van der Waals surface area (Å²) < 4.78 is 0. The van der Waals surface area contributed by atoms with Crippen molar-refractivity contribution in [1.82, 2.24) is 20.3 Å². The molecule has 2 heterocycles. The van der Waals surface area contributed by atoms with Gasteiger partial charge in [-0.15, -0.1) is 0 Å². The minimum absolute atomic E-state index is 0.0408. The monoisotopic (exact) mass is 441 g/mol. The highest BCUT2D eigenvalue weighted by atomic mass is 16.4. The van der Waals surface area contributed by atoms with Gasteiger partial charge in [-0.1, -0.05) is 20.8 Å². The number of nitrogens with one attached hydrogen (secondary N) is 3. The van der Waals surface area contributed by atoms with Crippen molar-refractivity contribution < 1.29 is 19.5 Å². The molecule has 172 valence electrons. The van der Waals surface area contributed by atoms with Gasteiger partial charge < -0.3 is 20.7 Å². The molecule has 3 aliphatic carbocycles. The average Bonchev–Trinajstić information content (AvgIpc) is 3.14. The molecule has 0 aliphatic heterocycles. The number of aromatic nitrogens is 3. The molecule has 2 aromatic heterocycles. The normalized spacial score (nSPS) is 25.0. The molecule has 0 spiro atoms. The zero-order chi connectivity index (χ0) is 23.1. The van der Waals surface area contributed by atoms with Gasteiger partial charge in [-0.05, 0) is 49.4 Å². The molecule has 0 aromatic carbocycles. The van der Waals surface area contributed by atoms with Gasteiger partial charge in [0.15, 0.2) is 5.69 Å². The van der Waals surface area contributed by atoms with Crippen LogP contribution >= 0.6 is 0 Å². The molecule has 2 aromatic rings. The standard InChI is InChI=1S/C23H31N5O4/c1-21(2,3)10-15(29)28-14-11-24-17-16(14)26-13-27-18(17)19(30)25-12-22-4-7-23(8-5-22,9-6-22)20(31)32/h11,13,24H,4-10,12H2,1-3H3,(H,25,30)(H,28,29)(H,31,32). The summed E-state index contributed by atoms with van der Waals surface area (Å²) in [5, 5.41) is 15.4. The zero-order valence-electron chi connectivity index (χ0n) is 18.9. The van der Waals surface area contributed by atoms with Crippen molar-refractivity contribution in [2.75, 3.05) is 11.9 Å². The first kappa shape index (κ1) is 22.2. The van der Waals surface area contributed by atoms with Gasteiger partial charge in [-0.25, -0.2) is 9.97 Å². The Labute approximate surface area is 186 Å². The van der Waals surface area contributed by atoms with Gasteiger partial charge in [0.2, 0.25) is 5.91 Å². The molecule has 5 rings (SSSR count). The van der Waals surface area contributed by atoms with Crippen LogP contribution in [0.3, 0.4) is 0 Å². The SMILES string of the molecule is CC(C)(C)CC(=O)Nc1c[nH]c2c(C(=O)NCC34CCC(C(=O)O)(CC3)CC4)ncnc12. The van der Waals surface area contributed by atoms with Crippen molar-refractivity contribution in [3.63, 3.8) is 0 Å². The molecule has 3 aliphatic rings. The number of carboxylic acids is 1. The second-order valence-corrected chi connectivity index (χ2v) is 10.7. The van der Waals surface area contributed by atoms with Crippen molar-refractivity contribution in [3.8, 4) is 0 Å². The van der Waals surface area contributed by atoms with E-state index >= 15 is 0 Å². The van der Waals surface area contributed by atoms with E-state index in [-0.39, 0.29) is 28.3 Å². The second kappa shape index (κ2) is 7.86. The summed E-state index contributed by atoms with van der Waals surface area (Å²) in [5.74, 6) is -1.11. The maximum Gasteiger partial charge on any atom is 0.309 e. The molecular weight excluding hydrogens is 410 g/mol. The molecule has 9 heteroatoms. The molecule has 32 heavy (non-hydrogen) atoms. The zero-order valence-corrected chi connectivity index (χ0v) is 18.9. The number of amides is 2. The Kier molecular flexibility index (Phi) is 5.46. The lowest BCUT2D eigenvalue weighted by Crippen LogP contribution is -2.50. The quantitative estimate of drug-likeness (QED) is 0.541. The molecule has 4 N–H and O–H groups in total. The number of carbonyl (C=O) groups excluding carboxylic acids is 2. The van der Waals surface area contributed by atoms with Crippen molar-refractivity contribution in [3.05, 3.63) is 18.2 Å². The number of carboxylic acid groups (broad SMARTS) is 1. The Balaban J connectivity index is 1.44. The lowest BCUT2D eigenvalue weighted by atomic mass is 9.53. The Morgan fingerprint density at radius 1 is 1.09 bits per heavy atom. The van der Waals surface area contributed by atoms with Crippen molar-refractivity contribution in [2.24, 2.45) is 16.2 Å². The summed E-state index contributed by atoms with van der Waals surface area (Å²) in [6.07, 6.45) is 7.76. The highest BCUT2D eigenvalue weighted by molar-refractivity contribution is 6.07. The molecule has 2 amide bonds. The van der Waals surface area contributed by atoms with Crippen molar-refractivity contribution in [1.29, 1.82) is 0 Å². The third kappa shape index (κ3) is 4.20. The van der Waals surface area contributed by atoms with E-state index in [2.05, 4.69) is 25.6 Å². The fourth-order valence-corrected chi connectivity index (χ4v) is 5.08. The summed E-state index contributed by atoms with van der Waals surface area (Å²) >= 11 is 0. The maximum atomic E-state index is 13.0. The van der Waals surface area contributed by atoms with Crippen LogP contribution in [0.2, 0.25) is 0 Å². The van der Waals surface area contributed by atoms with E-state index in [0.29, 0.717) is 48.9 Å². The van der Waals surface area contributed by atoms with Gasteiger partial charge in [0.05, 0.1) is 16.6 Å². The molecule has 9 nitrogen and oxygen atoms in total. The van der Waals surface area contributed by atoms with Crippen LogP contribution in [0.15, 0.2) is 12.5 Å². The fraction of sp³-hybridized carbons (Fsp3) is 0.609. The Morgan fingerprint density at radius 2 is 1.75 bits per heavy atom. The highest BCUT2D eigenvalue weighted by Gasteiger charge is 2.52. The van der Waals surface area contributed by atoms with Gasteiger partial charge in [0, 0.05) is 19.2 Å². The van der Waals surface area contributed by atoms with Crippen LogP contribution in [-0.2, 0) is 9.59 Å². The van der Waals surface area contributed by atoms with E-state index in [1.807, 2.05) is 20.8 Å². The molecule has 3 fully saturated rings. The molecule has 2 bridgehead atoms. The van der Waals surface area contributed by atoms with Gasteiger partial charge in [0.1, 0.15) is 11.8 Å². The predicted octanol–water partition coefficient (Wildman–Crippen LogP) is 3.49. The van der Waals surface area contributed by atoms with Crippen LogP contribution in [0.4, 0.5) is 5.69 Å². The number of nitrogens with zero attached hydrogens (tertiary/aromatic N) is 2. The highest BCUT2D eigenvalue weighted by Crippen LogP contribution is 2.56. The van der Waals surface area contributed by atoms with Crippen LogP contribution in [0, 0.1) is 16.2 Å². The first-order valence-electron chi connectivity index (χ1n) is 11.2. The minimum Gasteiger partial charge on any atom is -0.481 e. The molecule has 3 saturated carbocycles. The van der Waals surface area contributed by atoms with Gasteiger partial charge in [0.25, 0.3) is 5.91 Å². The first-order valence-corrected chi connectivity index (χ1v) is 11.2. The summed E-state index contributed by atoms with van der Waals surface area (Å²) in [4.78, 5) is 48.4. The number of hydrogen-bond acceptors (Lipinski definition) is 5. The number of aliphatic carboxylic acids is 1. The predicted molar refractivity (Wildman–Crippen MR) is 119 cm³/mol. The van der Waals surface area contributed by atoms with Crippen LogP contribution in [0.25, 0.3) is 11.0 Å². The number of anilines is 1. The van der Waals surface area contributed by atoms with Crippen LogP contribution in [0.1, 0.15) is 76.2 Å².